The van der Waals surface area contributed by atoms with Gasteiger partial charge in [0.25, 0.3) is 6.08 Å². The number of nitrogen functional groups attached to an aromatic ring is 1. The Kier molecular flexibility index (Phi) is 6.26. The molecule has 49 heavy (non-hydrogen) atoms. The van der Waals surface area contributed by atoms with E-state index in [1.807, 2.05) is 4.90 Å². The number of alkyl halides is 3. The van der Waals surface area contributed by atoms with Gasteiger partial charge in [-0.05, 0) is 80.8 Å². The van der Waals surface area contributed by atoms with Crippen molar-refractivity contribution in [2.75, 3.05) is 36.9 Å². The van der Waals surface area contributed by atoms with Crippen LogP contribution < -0.4 is 20.7 Å². The number of hydrogen-bond acceptors (Lipinski definition) is 7. The van der Waals surface area contributed by atoms with Crippen LogP contribution in [0.1, 0.15) is 54.4 Å². The van der Waals surface area contributed by atoms with Gasteiger partial charge >= 0.3 is 12.2 Å². The Bertz CT molecular complexity index is 2050. The first-order valence-electron chi connectivity index (χ1n) is 16.5. The second-order valence-electron chi connectivity index (χ2n) is 14.7. The van der Waals surface area contributed by atoms with Crippen molar-refractivity contribution >= 4 is 28.0 Å². The maximum absolute atomic E-state index is 17.2. The number of nitrogens with one attached hydrogen (secondary N) is 1. The van der Waals surface area contributed by atoms with Gasteiger partial charge in [-0.25, -0.2) is 8.78 Å². The highest BCUT2D eigenvalue weighted by molar-refractivity contribution is 6.06. The number of aromatic nitrogens is 2. The molecule has 7 heterocycles. The lowest BCUT2D eigenvalue weighted by atomic mass is 9.84. The first-order chi connectivity index (χ1) is 23.2. The van der Waals surface area contributed by atoms with Crippen molar-refractivity contribution in [2.45, 2.75) is 75.3 Å². The maximum Gasteiger partial charge on any atom is 0.417 e. The summed E-state index contributed by atoms with van der Waals surface area (Å²) >= 11 is 0. The summed E-state index contributed by atoms with van der Waals surface area (Å²) in [6.07, 6.45) is -3.88. The van der Waals surface area contributed by atoms with E-state index in [-0.39, 0.29) is 71.2 Å². The summed E-state index contributed by atoms with van der Waals surface area (Å²) in [5.74, 6) is -1.91. The van der Waals surface area contributed by atoms with Gasteiger partial charge in [-0.2, -0.15) is 31.9 Å². The van der Waals surface area contributed by atoms with E-state index in [1.165, 1.54) is 6.92 Å². The highest BCUT2D eigenvalue weighted by atomic mass is 19.4. The van der Waals surface area contributed by atoms with Gasteiger partial charge in [-0.15, -0.1) is 0 Å². The predicted octanol–water partition coefficient (Wildman–Crippen LogP) is 6.90. The molecule has 2 aromatic carbocycles. The molecule has 1 unspecified atom stereocenters. The Balaban J connectivity index is 1.28. The molecular weight excluding hydrogens is 653 g/mol. The number of hydrogen-bond donors (Lipinski definition) is 2. The van der Waals surface area contributed by atoms with Crippen molar-refractivity contribution in [3.63, 3.8) is 0 Å². The molecule has 1 saturated carbocycles. The van der Waals surface area contributed by atoms with Crippen LogP contribution in [0.2, 0.25) is 0 Å². The lowest BCUT2D eigenvalue weighted by Crippen LogP contribution is -2.58. The molecule has 1 spiro atoms. The second-order valence-corrected chi connectivity index (χ2v) is 14.7. The minimum absolute atomic E-state index is 0.0452. The third kappa shape index (κ3) is 4.04. The van der Waals surface area contributed by atoms with E-state index < -0.39 is 57.3 Å². The molecule has 258 valence electrons. The van der Waals surface area contributed by atoms with Gasteiger partial charge in [0.05, 0.1) is 27.7 Å². The van der Waals surface area contributed by atoms with Crippen LogP contribution in [0.25, 0.3) is 27.6 Å². The van der Waals surface area contributed by atoms with Crippen LogP contribution in [0, 0.1) is 31.4 Å². The van der Waals surface area contributed by atoms with Gasteiger partial charge in [0.15, 0.2) is 11.6 Å². The zero-order chi connectivity index (χ0) is 34.5. The number of fused-ring (bicyclic) bond motifs is 1. The number of nitrogens with two attached hydrogens (primary N) is 1. The molecule has 7 nitrogen and oxygen atoms in total. The van der Waals surface area contributed by atoms with Crippen LogP contribution in [-0.2, 0) is 6.18 Å². The first-order valence-corrected chi connectivity index (χ1v) is 16.5. The number of piperazine rings is 1. The Morgan fingerprint density at radius 1 is 1.12 bits per heavy atom. The Hall–Kier alpha value is -3.91. The number of aryl methyl sites for hydroxylation is 1. The Morgan fingerprint density at radius 3 is 2.59 bits per heavy atom. The van der Waals surface area contributed by atoms with E-state index in [1.54, 1.807) is 0 Å². The molecular formula is C35H33F7N6O. The van der Waals surface area contributed by atoms with Crippen LogP contribution in [0.5, 0.6) is 6.01 Å². The molecule has 6 fully saturated rings. The number of benzene rings is 2. The lowest BCUT2D eigenvalue weighted by Gasteiger charge is -2.43. The highest BCUT2D eigenvalue weighted by Gasteiger charge is 2.75. The largest absolute Gasteiger partial charge is 0.461 e. The fourth-order valence-corrected chi connectivity index (χ4v) is 10.2. The van der Waals surface area contributed by atoms with Crippen LogP contribution in [-0.4, -0.2) is 64.3 Å². The van der Waals surface area contributed by atoms with Gasteiger partial charge in [0.2, 0.25) is 0 Å². The van der Waals surface area contributed by atoms with E-state index in [0.717, 1.165) is 25.8 Å². The van der Waals surface area contributed by atoms with Gasteiger partial charge in [-0.3, -0.25) is 4.90 Å². The minimum atomic E-state index is -5.04. The number of ether oxygens (including phenoxy) is 1. The summed E-state index contributed by atoms with van der Waals surface area (Å²) in [4.78, 5) is 13.4. The maximum atomic E-state index is 17.2. The number of halogens is 7. The number of nitrogens with zero attached hydrogens (tertiary/aromatic N) is 4. The van der Waals surface area contributed by atoms with Crippen molar-refractivity contribution in [1.29, 1.82) is 0 Å². The van der Waals surface area contributed by atoms with Crippen LogP contribution in [0.15, 0.2) is 24.3 Å². The quantitative estimate of drug-likeness (QED) is 0.229. The van der Waals surface area contributed by atoms with E-state index in [2.05, 4.69) is 21.8 Å². The van der Waals surface area contributed by atoms with Gasteiger partial charge in [-0.1, -0.05) is 6.58 Å². The number of piperidine rings is 2. The average molecular weight is 687 g/mol. The molecule has 5 atom stereocenters. The molecule has 3 N–H and O–H groups in total. The fourth-order valence-electron chi connectivity index (χ4n) is 10.2. The van der Waals surface area contributed by atoms with Crippen LogP contribution >= 0.6 is 0 Å². The van der Waals surface area contributed by atoms with E-state index in [4.69, 9.17) is 15.5 Å². The van der Waals surface area contributed by atoms with Gasteiger partial charge < -0.3 is 20.7 Å². The molecule has 3 aromatic rings. The summed E-state index contributed by atoms with van der Waals surface area (Å²) in [6, 6.07) is 0.945. The van der Waals surface area contributed by atoms with E-state index >= 15 is 8.78 Å². The van der Waals surface area contributed by atoms with Crippen LogP contribution in [0.4, 0.5) is 42.2 Å². The Morgan fingerprint density at radius 2 is 1.90 bits per heavy atom. The zero-order valence-electron chi connectivity index (χ0n) is 26.8. The van der Waals surface area contributed by atoms with Gasteiger partial charge in [0, 0.05) is 47.8 Å². The normalized spacial score (nSPS) is 29.8. The standard InChI is InChI=1S/C35H33F7N6O/c1-14-7-20(43)26(36)23(25(14)35(40,41)42)22-16(3)21-15(2)9-34-19-8-18(44-29(19)34)12-48(34)31-24(21)28(27(22)37)45-32(46-31)49-13-33-5-4-6-47(33)11-17(10-33)30(38)39/h7,18-19,29,44H,2,4-6,8-13,43H2,1,3H3/t18-,19?,29+,33+,34-/m1/s1. The zero-order valence-corrected chi connectivity index (χ0v) is 26.8. The molecule has 14 heteroatoms. The topological polar surface area (TPSA) is 79.5 Å². The summed E-state index contributed by atoms with van der Waals surface area (Å²) in [6.45, 7) is 8.23. The van der Waals surface area contributed by atoms with Crippen LogP contribution in [0.3, 0.4) is 0 Å². The molecule has 0 radical (unpaired) electrons. The predicted molar refractivity (Wildman–Crippen MR) is 169 cm³/mol. The smallest absolute Gasteiger partial charge is 0.417 e. The van der Waals surface area contributed by atoms with Gasteiger partial charge in [0.1, 0.15) is 17.9 Å². The van der Waals surface area contributed by atoms with Crippen molar-refractivity contribution in [1.82, 2.24) is 20.2 Å². The van der Waals surface area contributed by atoms with E-state index in [9.17, 15) is 22.0 Å². The summed E-state index contributed by atoms with van der Waals surface area (Å²) in [7, 11) is 0. The summed E-state index contributed by atoms with van der Waals surface area (Å²) in [5, 5.41) is 3.93. The first kappa shape index (κ1) is 31.1. The van der Waals surface area contributed by atoms with Crippen molar-refractivity contribution < 1.29 is 35.5 Å². The third-order valence-electron chi connectivity index (χ3n) is 12.2. The molecule has 7 aliphatic rings. The third-order valence-corrected chi connectivity index (χ3v) is 12.2. The van der Waals surface area contributed by atoms with E-state index in [0.29, 0.717) is 42.9 Å². The van der Waals surface area contributed by atoms with Crippen molar-refractivity contribution in [3.05, 3.63) is 58.2 Å². The highest BCUT2D eigenvalue weighted by Crippen LogP contribution is 2.65. The molecule has 0 amide bonds. The molecule has 6 aliphatic heterocycles. The molecule has 10 rings (SSSR count). The number of rotatable bonds is 4. The molecule has 5 saturated heterocycles. The Labute approximate surface area is 277 Å². The van der Waals surface area contributed by atoms with Crippen molar-refractivity contribution in [2.24, 2.45) is 5.92 Å². The second kappa shape index (κ2) is 9.87. The minimum Gasteiger partial charge on any atom is -0.461 e. The fraction of sp³-hybridized carbons (Fsp3) is 0.486. The molecule has 1 aromatic heterocycles. The molecule has 4 bridgehead atoms. The molecule has 1 aliphatic carbocycles. The summed E-state index contributed by atoms with van der Waals surface area (Å²) < 4.78 is 111. The summed E-state index contributed by atoms with van der Waals surface area (Å²) in [5.41, 5.74) is 1.63. The lowest BCUT2D eigenvalue weighted by molar-refractivity contribution is -0.137. The SMILES string of the molecule is C=C1C[C@]23C4C[C@H](CN2c2nc(OC[C@@]56CCCN5CC(=C(F)F)C6)nc5c(F)c(-c6c(F)c(N)cc(C)c6C(F)(F)F)c(C)c1c25)N[C@@H]43. The monoisotopic (exact) mass is 686 g/mol. The average Bonchev–Trinajstić information content (AvgIpc) is 3.35. The van der Waals surface area contributed by atoms with Crippen molar-refractivity contribution in [3.8, 4) is 17.1 Å². The number of anilines is 2.